The van der Waals surface area contributed by atoms with Gasteiger partial charge in [-0.2, -0.15) is 0 Å². The Morgan fingerprint density at radius 1 is 1.20 bits per heavy atom. The average molecular weight is 291 g/mol. The Morgan fingerprint density at radius 2 is 1.95 bits per heavy atom. The third kappa shape index (κ3) is 4.83. The van der Waals surface area contributed by atoms with Gasteiger partial charge >= 0.3 is 0 Å². The molecule has 0 saturated heterocycles. The van der Waals surface area contributed by atoms with Gasteiger partial charge in [-0.25, -0.2) is 0 Å². The van der Waals surface area contributed by atoms with E-state index in [1.165, 1.54) is 5.56 Å². The number of rotatable bonds is 7. The van der Waals surface area contributed by atoms with Crippen LogP contribution in [0.15, 0.2) is 48.8 Å². The van der Waals surface area contributed by atoms with E-state index in [9.17, 15) is 0 Å². The van der Waals surface area contributed by atoms with Crippen LogP contribution in [0.4, 0.5) is 0 Å². The van der Waals surface area contributed by atoms with Crippen molar-refractivity contribution in [1.29, 1.82) is 0 Å². The van der Waals surface area contributed by atoms with Crippen molar-refractivity contribution in [1.82, 2.24) is 10.3 Å². The van der Waals surface area contributed by atoms with Gasteiger partial charge in [-0.1, -0.05) is 23.7 Å². The molecule has 2 aromatic rings. The van der Waals surface area contributed by atoms with Crippen molar-refractivity contribution in [3.63, 3.8) is 0 Å². The lowest BCUT2D eigenvalue weighted by Crippen LogP contribution is -2.30. The monoisotopic (exact) mass is 290 g/mol. The minimum absolute atomic E-state index is 0.0762. The fraction of sp³-hybridized carbons (Fsp3) is 0.312. The van der Waals surface area contributed by atoms with Crippen LogP contribution in [-0.4, -0.2) is 24.2 Å². The van der Waals surface area contributed by atoms with Crippen LogP contribution in [-0.2, 0) is 6.42 Å². The summed E-state index contributed by atoms with van der Waals surface area (Å²) in [4.78, 5) is 4.00. The largest absolute Gasteiger partial charge is 0.488 e. The zero-order chi connectivity index (χ0) is 14.2. The van der Waals surface area contributed by atoms with E-state index in [4.69, 9.17) is 16.3 Å². The molecule has 0 spiro atoms. The van der Waals surface area contributed by atoms with Gasteiger partial charge in [-0.05, 0) is 49.7 Å². The van der Waals surface area contributed by atoms with Gasteiger partial charge < -0.3 is 10.1 Å². The second-order valence-electron chi connectivity index (χ2n) is 4.67. The molecule has 4 heteroatoms. The maximum atomic E-state index is 6.06. The van der Waals surface area contributed by atoms with Crippen molar-refractivity contribution in [3.05, 3.63) is 59.4 Å². The Morgan fingerprint density at radius 3 is 2.70 bits per heavy atom. The van der Waals surface area contributed by atoms with E-state index in [0.717, 1.165) is 25.3 Å². The Bertz CT molecular complexity index is 519. The van der Waals surface area contributed by atoms with Crippen LogP contribution in [0, 0.1) is 0 Å². The van der Waals surface area contributed by atoms with E-state index >= 15 is 0 Å². The maximum absolute atomic E-state index is 6.06. The number of para-hydroxylation sites is 1. The highest BCUT2D eigenvalue weighted by atomic mass is 35.5. The van der Waals surface area contributed by atoms with Crippen LogP contribution in [0.3, 0.4) is 0 Å². The third-order valence-electron chi connectivity index (χ3n) is 2.94. The number of hydrogen-bond acceptors (Lipinski definition) is 3. The van der Waals surface area contributed by atoms with Gasteiger partial charge in [0.2, 0.25) is 0 Å². The molecule has 0 bridgehead atoms. The molecule has 1 aromatic heterocycles. The number of hydrogen-bond donors (Lipinski definition) is 1. The summed E-state index contributed by atoms with van der Waals surface area (Å²) >= 11 is 6.06. The highest BCUT2D eigenvalue weighted by Crippen LogP contribution is 2.23. The normalized spacial score (nSPS) is 12.1. The molecule has 0 radical (unpaired) electrons. The van der Waals surface area contributed by atoms with Gasteiger partial charge in [-0.15, -0.1) is 0 Å². The number of benzene rings is 1. The molecule has 1 heterocycles. The molecule has 0 saturated carbocycles. The molecule has 3 nitrogen and oxygen atoms in total. The lowest BCUT2D eigenvalue weighted by atomic mass is 10.2. The first-order valence-electron chi connectivity index (χ1n) is 6.76. The average Bonchev–Trinajstić information content (AvgIpc) is 2.47. The van der Waals surface area contributed by atoms with Crippen LogP contribution in [0.25, 0.3) is 0 Å². The zero-order valence-corrected chi connectivity index (χ0v) is 12.3. The minimum atomic E-state index is 0.0762. The minimum Gasteiger partial charge on any atom is -0.488 e. The molecule has 20 heavy (non-hydrogen) atoms. The number of pyridine rings is 1. The first-order valence-corrected chi connectivity index (χ1v) is 7.14. The van der Waals surface area contributed by atoms with Crippen molar-refractivity contribution in [3.8, 4) is 5.75 Å². The molecule has 2 rings (SSSR count). The third-order valence-corrected chi connectivity index (χ3v) is 3.25. The number of ether oxygens (including phenoxy) is 1. The van der Waals surface area contributed by atoms with E-state index in [2.05, 4.69) is 10.3 Å². The van der Waals surface area contributed by atoms with E-state index in [1.807, 2.05) is 55.7 Å². The summed E-state index contributed by atoms with van der Waals surface area (Å²) in [6, 6.07) is 11.6. The summed E-state index contributed by atoms with van der Waals surface area (Å²) in [7, 11) is 0. The van der Waals surface area contributed by atoms with Crippen LogP contribution in [0.2, 0.25) is 5.02 Å². The molecule has 1 aromatic carbocycles. The topological polar surface area (TPSA) is 34.2 Å². The summed E-state index contributed by atoms with van der Waals surface area (Å²) in [5, 5.41) is 4.03. The standard InChI is InChI=1S/C16H19ClN2O/c1-13(20-16-5-3-2-4-15(16)17)12-19-11-8-14-6-9-18-10-7-14/h2-7,9-10,13,19H,8,11-12H2,1H3. The molecular weight excluding hydrogens is 272 g/mol. The number of halogens is 1. The summed E-state index contributed by atoms with van der Waals surface area (Å²) < 4.78 is 5.79. The molecule has 1 atom stereocenters. The molecule has 0 aliphatic heterocycles. The van der Waals surface area contributed by atoms with Crippen molar-refractivity contribution in [2.45, 2.75) is 19.4 Å². The van der Waals surface area contributed by atoms with Gasteiger partial charge in [0.1, 0.15) is 11.9 Å². The predicted octanol–water partition coefficient (Wildman–Crippen LogP) is 3.33. The van der Waals surface area contributed by atoms with E-state index in [1.54, 1.807) is 0 Å². The second kappa shape index (κ2) is 7.88. The predicted molar refractivity (Wildman–Crippen MR) is 82.4 cm³/mol. The van der Waals surface area contributed by atoms with Crippen LogP contribution < -0.4 is 10.1 Å². The van der Waals surface area contributed by atoms with Gasteiger partial charge in [-0.3, -0.25) is 4.98 Å². The zero-order valence-electron chi connectivity index (χ0n) is 11.6. The SMILES string of the molecule is CC(CNCCc1ccncc1)Oc1ccccc1Cl. The summed E-state index contributed by atoms with van der Waals surface area (Å²) in [6.45, 7) is 3.74. The lowest BCUT2D eigenvalue weighted by Gasteiger charge is -2.16. The van der Waals surface area contributed by atoms with Gasteiger partial charge in [0.15, 0.2) is 0 Å². The van der Waals surface area contributed by atoms with Crippen LogP contribution >= 0.6 is 11.6 Å². The van der Waals surface area contributed by atoms with E-state index in [0.29, 0.717) is 5.02 Å². The van der Waals surface area contributed by atoms with Gasteiger partial charge in [0, 0.05) is 18.9 Å². The lowest BCUT2D eigenvalue weighted by molar-refractivity contribution is 0.218. The fourth-order valence-corrected chi connectivity index (χ4v) is 2.07. The number of nitrogens with zero attached hydrogens (tertiary/aromatic N) is 1. The second-order valence-corrected chi connectivity index (χ2v) is 5.08. The highest BCUT2D eigenvalue weighted by molar-refractivity contribution is 6.32. The van der Waals surface area contributed by atoms with Crippen molar-refractivity contribution in [2.75, 3.05) is 13.1 Å². The first-order chi connectivity index (χ1) is 9.75. The molecular formula is C16H19ClN2O. The Balaban J connectivity index is 1.68. The van der Waals surface area contributed by atoms with Crippen LogP contribution in [0.5, 0.6) is 5.75 Å². The molecule has 1 unspecified atom stereocenters. The quantitative estimate of drug-likeness (QED) is 0.794. The fourth-order valence-electron chi connectivity index (χ4n) is 1.89. The smallest absolute Gasteiger partial charge is 0.138 e. The molecule has 1 N–H and O–H groups in total. The Hall–Kier alpha value is -1.58. The molecule has 0 aliphatic carbocycles. The van der Waals surface area contributed by atoms with E-state index < -0.39 is 0 Å². The molecule has 0 fully saturated rings. The Kier molecular flexibility index (Phi) is 5.84. The van der Waals surface area contributed by atoms with Gasteiger partial charge in [0.25, 0.3) is 0 Å². The van der Waals surface area contributed by atoms with Crippen molar-refractivity contribution < 1.29 is 4.74 Å². The van der Waals surface area contributed by atoms with Crippen molar-refractivity contribution >= 4 is 11.6 Å². The summed E-state index contributed by atoms with van der Waals surface area (Å²) in [5.74, 6) is 0.734. The van der Waals surface area contributed by atoms with Crippen LogP contribution in [0.1, 0.15) is 12.5 Å². The molecule has 0 aliphatic rings. The highest BCUT2D eigenvalue weighted by Gasteiger charge is 2.06. The first kappa shape index (κ1) is 14.8. The van der Waals surface area contributed by atoms with E-state index in [-0.39, 0.29) is 6.10 Å². The Labute approximate surface area is 124 Å². The maximum Gasteiger partial charge on any atom is 0.138 e. The van der Waals surface area contributed by atoms with Gasteiger partial charge in [0.05, 0.1) is 5.02 Å². The molecule has 0 amide bonds. The molecule has 106 valence electrons. The number of nitrogens with one attached hydrogen (secondary N) is 1. The van der Waals surface area contributed by atoms with Crippen molar-refractivity contribution in [2.24, 2.45) is 0 Å². The summed E-state index contributed by atoms with van der Waals surface area (Å²) in [5.41, 5.74) is 1.28. The summed E-state index contributed by atoms with van der Waals surface area (Å²) in [6.07, 6.45) is 4.70. The number of aromatic nitrogens is 1.